The number of nitrogens with zero attached hydrogens (tertiary/aromatic N) is 2. The molecule has 2 aromatic rings. The lowest BCUT2D eigenvalue weighted by molar-refractivity contribution is -0.118. The summed E-state index contributed by atoms with van der Waals surface area (Å²) in [6, 6.07) is 21.0. The van der Waals surface area contributed by atoms with Gasteiger partial charge < -0.3 is 4.90 Å². The van der Waals surface area contributed by atoms with Gasteiger partial charge in [0, 0.05) is 31.7 Å². The van der Waals surface area contributed by atoms with Crippen molar-refractivity contribution in [2.45, 2.75) is 64.8 Å². The molecule has 0 bridgehead atoms. The molecular formula is C27H38N2O. The molecule has 1 aliphatic heterocycles. The van der Waals surface area contributed by atoms with E-state index in [4.69, 9.17) is 0 Å². The number of unbranched alkanes of at least 4 members (excludes halogenated alkanes) is 3. The van der Waals surface area contributed by atoms with E-state index in [0.717, 1.165) is 31.1 Å². The van der Waals surface area contributed by atoms with Crippen molar-refractivity contribution in [1.82, 2.24) is 4.90 Å². The Kier molecular flexibility index (Phi) is 9.43. The number of hydrogen-bond acceptors (Lipinski definition) is 2. The van der Waals surface area contributed by atoms with Crippen LogP contribution in [0.15, 0.2) is 60.7 Å². The molecule has 1 aliphatic rings. The average molecular weight is 407 g/mol. The summed E-state index contributed by atoms with van der Waals surface area (Å²) in [6.07, 6.45) is 9.53. The number of benzene rings is 2. The standard InChI is InChI=1S/C27H38N2O/c1-2-27(30)29(26-18-10-6-11-19-26)21-12-4-3-7-14-25-17-13-20-28(23-25)22-24-15-8-5-9-16-24/h5-6,8-11,15-16,18-19,25H,2-4,7,12-14,17,20-23H2,1H3. The van der Waals surface area contributed by atoms with Crippen molar-refractivity contribution < 1.29 is 4.79 Å². The van der Waals surface area contributed by atoms with Gasteiger partial charge in [-0.15, -0.1) is 0 Å². The minimum Gasteiger partial charge on any atom is -0.312 e. The molecule has 162 valence electrons. The van der Waals surface area contributed by atoms with Crippen LogP contribution >= 0.6 is 0 Å². The highest BCUT2D eigenvalue weighted by Gasteiger charge is 2.19. The number of hydrogen-bond donors (Lipinski definition) is 0. The molecule has 0 spiro atoms. The first-order valence-corrected chi connectivity index (χ1v) is 11.9. The van der Waals surface area contributed by atoms with Gasteiger partial charge in [-0.1, -0.05) is 74.7 Å². The molecule has 0 aliphatic carbocycles. The van der Waals surface area contributed by atoms with Gasteiger partial charge in [0.2, 0.25) is 5.91 Å². The Morgan fingerprint density at radius 1 is 0.967 bits per heavy atom. The van der Waals surface area contributed by atoms with Gasteiger partial charge >= 0.3 is 0 Å². The van der Waals surface area contributed by atoms with E-state index in [1.165, 1.54) is 57.2 Å². The number of piperidine rings is 1. The van der Waals surface area contributed by atoms with Gasteiger partial charge in [0.15, 0.2) is 0 Å². The van der Waals surface area contributed by atoms with Crippen molar-refractivity contribution >= 4 is 11.6 Å². The monoisotopic (exact) mass is 406 g/mol. The van der Waals surface area contributed by atoms with Crippen molar-refractivity contribution in [3.8, 4) is 0 Å². The van der Waals surface area contributed by atoms with Gasteiger partial charge in [0.25, 0.3) is 0 Å². The molecule has 1 heterocycles. The molecule has 0 N–H and O–H groups in total. The molecule has 2 aromatic carbocycles. The van der Waals surface area contributed by atoms with E-state index in [1.54, 1.807) is 0 Å². The molecule has 3 heteroatoms. The van der Waals surface area contributed by atoms with Crippen LogP contribution in [-0.2, 0) is 11.3 Å². The fourth-order valence-electron chi connectivity index (χ4n) is 4.63. The van der Waals surface area contributed by atoms with E-state index in [2.05, 4.69) is 35.2 Å². The average Bonchev–Trinajstić information content (AvgIpc) is 2.79. The molecular weight excluding hydrogens is 368 g/mol. The maximum absolute atomic E-state index is 12.3. The summed E-state index contributed by atoms with van der Waals surface area (Å²) >= 11 is 0. The highest BCUT2D eigenvalue weighted by Crippen LogP contribution is 2.24. The first kappa shape index (κ1) is 22.6. The number of amides is 1. The summed E-state index contributed by atoms with van der Waals surface area (Å²) in [7, 11) is 0. The molecule has 1 atom stereocenters. The second kappa shape index (κ2) is 12.5. The molecule has 30 heavy (non-hydrogen) atoms. The third kappa shape index (κ3) is 7.28. The van der Waals surface area contributed by atoms with Crippen LogP contribution in [0.1, 0.15) is 63.9 Å². The van der Waals surface area contributed by atoms with Gasteiger partial charge in [-0.05, 0) is 55.8 Å². The zero-order valence-corrected chi connectivity index (χ0v) is 18.6. The van der Waals surface area contributed by atoms with Crippen LogP contribution in [0.5, 0.6) is 0 Å². The fourth-order valence-corrected chi connectivity index (χ4v) is 4.63. The molecule has 3 rings (SSSR count). The molecule has 0 radical (unpaired) electrons. The van der Waals surface area contributed by atoms with Gasteiger partial charge in [-0.2, -0.15) is 0 Å². The van der Waals surface area contributed by atoms with Crippen LogP contribution in [0.25, 0.3) is 0 Å². The quantitative estimate of drug-likeness (QED) is 0.409. The molecule has 1 fully saturated rings. The first-order valence-electron chi connectivity index (χ1n) is 11.9. The van der Waals surface area contributed by atoms with Gasteiger partial charge in [-0.25, -0.2) is 0 Å². The Morgan fingerprint density at radius 3 is 2.40 bits per heavy atom. The Balaban J connectivity index is 1.33. The van der Waals surface area contributed by atoms with E-state index < -0.39 is 0 Å². The van der Waals surface area contributed by atoms with Crippen molar-refractivity contribution in [2.24, 2.45) is 5.92 Å². The van der Waals surface area contributed by atoms with Crippen LogP contribution in [0.2, 0.25) is 0 Å². The van der Waals surface area contributed by atoms with Crippen molar-refractivity contribution in [1.29, 1.82) is 0 Å². The van der Waals surface area contributed by atoms with Crippen molar-refractivity contribution in [2.75, 3.05) is 24.5 Å². The summed E-state index contributed by atoms with van der Waals surface area (Å²) in [6.45, 7) is 6.38. The number of likely N-dealkylation sites (tertiary alicyclic amines) is 1. The van der Waals surface area contributed by atoms with Gasteiger partial charge in [-0.3, -0.25) is 9.69 Å². The number of rotatable bonds is 11. The second-order valence-corrected chi connectivity index (χ2v) is 8.67. The summed E-state index contributed by atoms with van der Waals surface area (Å²) in [5.41, 5.74) is 2.47. The Hall–Kier alpha value is -2.13. The van der Waals surface area contributed by atoms with E-state index in [9.17, 15) is 4.79 Å². The topological polar surface area (TPSA) is 23.6 Å². The lowest BCUT2D eigenvalue weighted by atomic mass is 9.92. The van der Waals surface area contributed by atoms with E-state index >= 15 is 0 Å². The highest BCUT2D eigenvalue weighted by molar-refractivity contribution is 5.93. The molecule has 3 nitrogen and oxygen atoms in total. The van der Waals surface area contributed by atoms with Crippen LogP contribution in [-0.4, -0.2) is 30.4 Å². The molecule has 1 amide bonds. The number of anilines is 1. The lowest BCUT2D eigenvalue weighted by Crippen LogP contribution is -2.34. The lowest BCUT2D eigenvalue weighted by Gasteiger charge is -2.33. The Morgan fingerprint density at radius 2 is 1.67 bits per heavy atom. The Bertz CT molecular complexity index is 731. The van der Waals surface area contributed by atoms with Gasteiger partial charge in [0.1, 0.15) is 0 Å². The number of carbonyl (C=O) groups is 1. The minimum atomic E-state index is 0.224. The van der Waals surface area contributed by atoms with Gasteiger partial charge in [0.05, 0.1) is 0 Å². The third-order valence-electron chi connectivity index (χ3n) is 6.27. The van der Waals surface area contributed by atoms with Crippen LogP contribution in [0.3, 0.4) is 0 Å². The zero-order valence-electron chi connectivity index (χ0n) is 18.6. The van der Waals surface area contributed by atoms with E-state index in [-0.39, 0.29) is 5.91 Å². The molecule has 1 saturated heterocycles. The summed E-state index contributed by atoms with van der Waals surface area (Å²) < 4.78 is 0. The molecule has 0 saturated carbocycles. The largest absolute Gasteiger partial charge is 0.312 e. The third-order valence-corrected chi connectivity index (χ3v) is 6.27. The zero-order chi connectivity index (χ0) is 21.0. The molecule has 1 unspecified atom stereocenters. The van der Waals surface area contributed by atoms with Crippen LogP contribution in [0.4, 0.5) is 5.69 Å². The number of carbonyl (C=O) groups excluding carboxylic acids is 1. The normalized spacial score (nSPS) is 17.0. The second-order valence-electron chi connectivity index (χ2n) is 8.67. The van der Waals surface area contributed by atoms with Crippen LogP contribution in [0, 0.1) is 5.92 Å². The predicted molar refractivity (Wildman–Crippen MR) is 127 cm³/mol. The van der Waals surface area contributed by atoms with Crippen LogP contribution < -0.4 is 4.90 Å². The van der Waals surface area contributed by atoms with Crippen molar-refractivity contribution in [3.63, 3.8) is 0 Å². The fraction of sp³-hybridized carbons (Fsp3) is 0.519. The predicted octanol–water partition coefficient (Wildman–Crippen LogP) is 6.29. The van der Waals surface area contributed by atoms with Crippen molar-refractivity contribution in [3.05, 3.63) is 66.2 Å². The summed E-state index contributed by atoms with van der Waals surface area (Å²) in [4.78, 5) is 16.9. The summed E-state index contributed by atoms with van der Waals surface area (Å²) in [5, 5.41) is 0. The van der Waals surface area contributed by atoms with E-state index in [0.29, 0.717) is 6.42 Å². The van der Waals surface area contributed by atoms with E-state index in [1.807, 2.05) is 42.2 Å². The SMILES string of the molecule is CCC(=O)N(CCCCCCC1CCCN(Cc2ccccc2)C1)c1ccccc1. The molecule has 0 aromatic heterocycles. The maximum atomic E-state index is 12.3. The maximum Gasteiger partial charge on any atom is 0.226 e. The smallest absolute Gasteiger partial charge is 0.226 e. The number of para-hydroxylation sites is 1. The summed E-state index contributed by atoms with van der Waals surface area (Å²) in [5.74, 6) is 1.08. The minimum absolute atomic E-state index is 0.224. The highest BCUT2D eigenvalue weighted by atomic mass is 16.2. The first-order chi connectivity index (χ1) is 14.8. The Labute approximate surface area is 183 Å².